The van der Waals surface area contributed by atoms with E-state index in [1.165, 1.54) is 5.56 Å². The van der Waals surface area contributed by atoms with E-state index in [9.17, 15) is 0 Å². The summed E-state index contributed by atoms with van der Waals surface area (Å²) in [5.41, 5.74) is 3.12. The highest BCUT2D eigenvalue weighted by molar-refractivity contribution is 6.28. The van der Waals surface area contributed by atoms with Gasteiger partial charge in [-0.25, -0.2) is 0 Å². The Morgan fingerprint density at radius 3 is 2.47 bits per heavy atom. The molecule has 0 radical (unpaired) electrons. The molecule has 0 unspecified atom stereocenters. The maximum absolute atomic E-state index is 6.17. The van der Waals surface area contributed by atoms with E-state index in [2.05, 4.69) is 16.3 Å². The molecule has 3 rings (SSSR count). The second-order valence-corrected chi connectivity index (χ2v) is 4.67. The maximum atomic E-state index is 6.17. The fourth-order valence-electron chi connectivity index (χ4n) is 2.04. The first-order valence-corrected chi connectivity index (χ1v) is 6.37. The Labute approximate surface area is 116 Å². The predicted octanol–water partition coefficient (Wildman–Crippen LogP) is 3.90. The predicted molar refractivity (Wildman–Crippen MR) is 76.5 cm³/mol. The van der Waals surface area contributed by atoms with Crippen molar-refractivity contribution in [3.05, 3.63) is 65.4 Å². The molecule has 0 saturated heterocycles. The van der Waals surface area contributed by atoms with E-state index in [1.54, 1.807) is 0 Å². The molecule has 0 amide bonds. The van der Waals surface area contributed by atoms with E-state index < -0.39 is 0 Å². The van der Waals surface area contributed by atoms with E-state index in [0.29, 0.717) is 5.28 Å². The van der Waals surface area contributed by atoms with Gasteiger partial charge in [-0.2, -0.15) is 0 Å². The molecule has 2 aromatic carbocycles. The molecule has 94 valence electrons. The van der Waals surface area contributed by atoms with Crippen molar-refractivity contribution in [2.45, 2.75) is 6.92 Å². The first kappa shape index (κ1) is 11.9. The highest BCUT2D eigenvalue weighted by atomic mass is 35.5. The van der Waals surface area contributed by atoms with Gasteiger partial charge in [-0.3, -0.25) is 4.57 Å². The summed E-state index contributed by atoms with van der Waals surface area (Å²) in [6.07, 6.45) is 0. The van der Waals surface area contributed by atoms with E-state index in [0.717, 1.165) is 17.1 Å². The van der Waals surface area contributed by atoms with Crippen LogP contribution < -0.4 is 0 Å². The Morgan fingerprint density at radius 1 is 0.947 bits per heavy atom. The fraction of sp³-hybridized carbons (Fsp3) is 0.0667. The van der Waals surface area contributed by atoms with Crippen LogP contribution in [-0.2, 0) is 0 Å². The van der Waals surface area contributed by atoms with Crippen molar-refractivity contribution < 1.29 is 0 Å². The van der Waals surface area contributed by atoms with E-state index in [-0.39, 0.29) is 0 Å². The summed E-state index contributed by atoms with van der Waals surface area (Å²) in [7, 11) is 0. The van der Waals surface area contributed by atoms with Gasteiger partial charge >= 0.3 is 0 Å². The number of aryl methyl sites for hydroxylation is 1. The number of benzene rings is 2. The smallest absolute Gasteiger partial charge is 0.229 e. The lowest BCUT2D eigenvalue weighted by Gasteiger charge is -2.08. The Hall–Kier alpha value is -2.13. The number of nitrogens with zero attached hydrogens (tertiary/aromatic N) is 3. The highest BCUT2D eigenvalue weighted by Crippen LogP contribution is 2.25. The minimum absolute atomic E-state index is 0.365. The third-order valence-electron chi connectivity index (χ3n) is 2.92. The van der Waals surface area contributed by atoms with Crippen molar-refractivity contribution in [1.82, 2.24) is 14.8 Å². The SMILES string of the molecule is Cc1cccc(-n2c(Cl)nnc2-c2ccccc2)c1. The van der Waals surface area contributed by atoms with Crippen molar-refractivity contribution in [3.8, 4) is 17.1 Å². The third kappa shape index (κ3) is 2.25. The Balaban J connectivity index is 2.20. The summed E-state index contributed by atoms with van der Waals surface area (Å²) in [5, 5.41) is 8.52. The average Bonchev–Trinajstić information content (AvgIpc) is 2.82. The van der Waals surface area contributed by atoms with Gasteiger partial charge in [-0.15, -0.1) is 10.2 Å². The Morgan fingerprint density at radius 2 is 1.74 bits per heavy atom. The average molecular weight is 270 g/mol. The Kier molecular flexibility index (Phi) is 3.05. The van der Waals surface area contributed by atoms with E-state index >= 15 is 0 Å². The highest BCUT2D eigenvalue weighted by Gasteiger charge is 2.13. The van der Waals surface area contributed by atoms with Gasteiger partial charge in [0.2, 0.25) is 5.28 Å². The monoisotopic (exact) mass is 269 g/mol. The molecule has 1 heterocycles. The molecule has 19 heavy (non-hydrogen) atoms. The summed E-state index contributed by atoms with van der Waals surface area (Å²) in [6.45, 7) is 2.05. The van der Waals surface area contributed by atoms with Crippen molar-refractivity contribution >= 4 is 11.6 Å². The molecular formula is C15H12ClN3. The molecular weight excluding hydrogens is 258 g/mol. The number of hydrogen-bond acceptors (Lipinski definition) is 2. The number of hydrogen-bond donors (Lipinski definition) is 0. The third-order valence-corrected chi connectivity index (χ3v) is 3.16. The Bertz CT molecular complexity index is 704. The molecule has 3 aromatic rings. The summed E-state index contributed by atoms with van der Waals surface area (Å²) >= 11 is 6.17. The summed E-state index contributed by atoms with van der Waals surface area (Å²) in [4.78, 5) is 0. The summed E-state index contributed by atoms with van der Waals surface area (Å²) in [6, 6.07) is 18.0. The lowest BCUT2D eigenvalue weighted by atomic mass is 10.2. The first-order valence-electron chi connectivity index (χ1n) is 5.99. The molecule has 0 saturated carbocycles. The van der Waals surface area contributed by atoms with Crippen LogP contribution in [0.15, 0.2) is 54.6 Å². The molecule has 0 atom stereocenters. The van der Waals surface area contributed by atoms with Crippen LogP contribution in [-0.4, -0.2) is 14.8 Å². The molecule has 0 aliphatic rings. The van der Waals surface area contributed by atoms with Gasteiger partial charge in [0, 0.05) is 5.56 Å². The lowest BCUT2D eigenvalue weighted by molar-refractivity contribution is 1.06. The summed E-state index contributed by atoms with van der Waals surface area (Å²) in [5.74, 6) is 0.746. The normalized spacial score (nSPS) is 10.6. The van der Waals surface area contributed by atoms with Crippen LogP contribution in [0.4, 0.5) is 0 Å². The molecule has 0 N–H and O–H groups in total. The number of halogens is 1. The van der Waals surface area contributed by atoms with Crippen molar-refractivity contribution in [2.75, 3.05) is 0 Å². The van der Waals surface area contributed by atoms with Crippen molar-refractivity contribution in [2.24, 2.45) is 0 Å². The van der Waals surface area contributed by atoms with Gasteiger partial charge in [0.1, 0.15) is 0 Å². The zero-order valence-corrected chi connectivity index (χ0v) is 11.2. The molecule has 0 fully saturated rings. The second-order valence-electron chi connectivity index (χ2n) is 4.33. The molecule has 0 aliphatic heterocycles. The molecule has 3 nitrogen and oxygen atoms in total. The van der Waals surface area contributed by atoms with Gasteiger partial charge < -0.3 is 0 Å². The van der Waals surface area contributed by atoms with Crippen LogP contribution in [0.2, 0.25) is 5.28 Å². The topological polar surface area (TPSA) is 30.7 Å². The van der Waals surface area contributed by atoms with Crippen molar-refractivity contribution in [1.29, 1.82) is 0 Å². The van der Waals surface area contributed by atoms with E-state index in [4.69, 9.17) is 11.6 Å². The molecule has 0 bridgehead atoms. The quantitative estimate of drug-likeness (QED) is 0.706. The first-order chi connectivity index (χ1) is 9.25. The molecule has 0 spiro atoms. The van der Waals surface area contributed by atoms with E-state index in [1.807, 2.05) is 60.0 Å². The van der Waals surface area contributed by atoms with Gasteiger partial charge in [0.05, 0.1) is 5.69 Å². The van der Waals surface area contributed by atoms with Gasteiger partial charge in [0.25, 0.3) is 0 Å². The standard InChI is InChI=1S/C15H12ClN3/c1-11-6-5-9-13(10-11)19-14(17-18-15(19)16)12-7-3-2-4-8-12/h2-10H,1H3. The fourth-order valence-corrected chi connectivity index (χ4v) is 2.25. The minimum Gasteiger partial charge on any atom is -0.266 e. The van der Waals surface area contributed by atoms with Crippen LogP contribution in [0.25, 0.3) is 17.1 Å². The van der Waals surface area contributed by atoms with Gasteiger partial charge in [-0.1, -0.05) is 42.5 Å². The zero-order valence-electron chi connectivity index (χ0n) is 10.4. The van der Waals surface area contributed by atoms with Gasteiger partial charge in [0.15, 0.2) is 5.82 Å². The van der Waals surface area contributed by atoms with Crippen LogP contribution in [0, 0.1) is 6.92 Å². The zero-order chi connectivity index (χ0) is 13.2. The summed E-state index contributed by atoms with van der Waals surface area (Å²) < 4.78 is 1.85. The molecule has 1 aromatic heterocycles. The molecule has 4 heteroatoms. The molecule has 0 aliphatic carbocycles. The van der Waals surface area contributed by atoms with Crippen LogP contribution in [0.1, 0.15) is 5.56 Å². The number of aromatic nitrogens is 3. The minimum atomic E-state index is 0.365. The van der Waals surface area contributed by atoms with Gasteiger partial charge in [-0.05, 0) is 36.2 Å². The number of rotatable bonds is 2. The maximum Gasteiger partial charge on any atom is 0.229 e. The lowest BCUT2D eigenvalue weighted by Crippen LogP contribution is -1.98. The largest absolute Gasteiger partial charge is 0.266 e. The van der Waals surface area contributed by atoms with Crippen LogP contribution >= 0.6 is 11.6 Å². The van der Waals surface area contributed by atoms with Crippen molar-refractivity contribution in [3.63, 3.8) is 0 Å². The second kappa shape index (κ2) is 4.86. The van der Waals surface area contributed by atoms with Crippen LogP contribution in [0.5, 0.6) is 0 Å². The van der Waals surface area contributed by atoms with Crippen LogP contribution in [0.3, 0.4) is 0 Å².